The highest BCUT2D eigenvalue weighted by atomic mass is 15.1. The lowest BCUT2D eigenvalue weighted by Gasteiger charge is -2.40. The SMILES string of the molecule is CN(CC1CCCNC1)C1CCCCC1c1ccccc1. The molecule has 3 unspecified atom stereocenters. The van der Waals surface area contributed by atoms with Crippen molar-refractivity contribution >= 4 is 0 Å². The second-order valence-electron chi connectivity index (χ2n) is 7.02. The van der Waals surface area contributed by atoms with Crippen LogP contribution in [0.25, 0.3) is 0 Å². The average molecular weight is 286 g/mol. The van der Waals surface area contributed by atoms with E-state index in [2.05, 4.69) is 47.6 Å². The van der Waals surface area contributed by atoms with E-state index in [1.807, 2.05) is 0 Å². The maximum absolute atomic E-state index is 3.56. The monoisotopic (exact) mass is 286 g/mol. The zero-order chi connectivity index (χ0) is 14.5. The Labute approximate surface area is 129 Å². The molecule has 1 saturated carbocycles. The van der Waals surface area contributed by atoms with Crippen LogP contribution in [0.5, 0.6) is 0 Å². The van der Waals surface area contributed by atoms with Crippen molar-refractivity contribution in [3.8, 4) is 0 Å². The molecule has 1 saturated heterocycles. The number of nitrogens with zero attached hydrogens (tertiary/aromatic N) is 1. The van der Waals surface area contributed by atoms with Crippen LogP contribution in [0.15, 0.2) is 30.3 Å². The van der Waals surface area contributed by atoms with E-state index in [4.69, 9.17) is 0 Å². The second kappa shape index (κ2) is 7.42. The lowest BCUT2D eigenvalue weighted by Crippen LogP contribution is -2.44. The molecule has 1 aliphatic carbocycles. The van der Waals surface area contributed by atoms with E-state index in [9.17, 15) is 0 Å². The van der Waals surface area contributed by atoms with Crippen molar-refractivity contribution in [1.29, 1.82) is 0 Å². The van der Waals surface area contributed by atoms with Gasteiger partial charge in [0.2, 0.25) is 0 Å². The first-order chi connectivity index (χ1) is 10.3. The van der Waals surface area contributed by atoms with Crippen molar-refractivity contribution in [2.75, 3.05) is 26.7 Å². The lowest BCUT2D eigenvalue weighted by atomic mass is 9.79. The minimum Gasteiger partial charge on any atom is -0.316 e. The van der Waals surface area contributed by atoms with Gasteiger partial charge in [-0.05, 0) is 63.2 Å². The third kappa shape index (κ3) is 3.87. The highest BCUT2D eigenvalue weighted by Crippen LogP contribution is 2.36. The summed E-state index contributed by atoms with van der Waals surface area (Å²) in [4.78, 5) is 2.68. The first-order valence-corrected chi connectivity index (χ1v) is 8.80. The third-order valence-corrected chi connectivity index (χ3v) is 5.47. The van der Waals surface area contributed by atoms with Gasteiger partial charge in [-0.2, -0.15) is 0 Å². The molecule has 1 N–H and O–H groups in total. The molecular weight excluding hydrogens is 256 g/mol. The predicted molar refractivity (Wildman–Crippen MR) is 89.7 cm³/mol. The highest BCUT2D eigenvalue weighted by molar-refractivity contribution is 5.22. The summed E-state index contributed by atoms with van der Waals surface area (Å²) >= 11 is 0. The van der Waals surface area contributed by atoms with Gasteiger partial charge in [-0.3, -0.25) is 0 Å². The maximum Gasteiger partial charge on any atom is 0.0161 e. The molecule has 1 aromatic carbocycles. The van der Waals surface area contributed by atoms with Crippen molar-refractivity contribution in [3.05, 3.63) is 35.9 Å². The first-order valence-electron chi connectivity index (χ1n) is 8.80. The maximum atomic E-state index is 3.56. The van der Waals surface area contributed by atoms with Crippen LogP contribution in [-0.4, -0.2) is 37.6 Å². The summed E-state index contributed by atoms with van der Waals surface area (Å²) in [5.41, 5.74) is 1.55. The summed E-state index contributed by atoms with van der Waals surface area (Å²) in [5, 5.41) is 3.56. The quantitative estimate of drug-likeness (QED) is 0.909. The number of rotatable bonds is 4. The van der Waals surface area contributed by atoms with E-state index in [-0.39, 0.29) is 0 Å². The Balaban J connectivity index is 1.65. The van der Waals surface area contributed by atoms with Gasteiger partial charge in [0.1, 0.15) is 0 Å². The zero-order valence-corrected chi connectivity index (χ0v) is 13.4. The van der Waals surface area contributed by atoms with E-state index in [1.54, 1.807) is 5.56 Å². The fourth-order valence-electron chi connectivity index (χ4n) is 4.35. The minimum absolute atomic E-state index is 0.737. The van der Waals surface area contributed by atoms with E-state index < -0.39 is 0 Å². The van der Waals surface area contributed by atoms with Crippen LogP contribution < -0.4 is 5.32 Å². The molecule has 0 aromatic heterocycles. The molecule has 0 amide bonds. The molecule has 116 valence electrons. The molecule has 0 bridgehead atoms. The Morgan fingerprint density at radius 3 is 2.62 bits per heavy atom. The molecule has 21 heavy (non-hydrogen) atoms. The van der Waals surface area contributed by atoms with Crippen molar-refractivity contribution < 1.29 is 0 Å². The molecule has 0 spiro atoms. The zero-order valence-electron chi connectivity index (χ0n) is 13.4. The fraction of sp³-hybridized carbons (Fsp3) is 0.684. The third-order valence-electron chi connectivity index (χ3n) is 5.47. The van der Waals surface area contributed by atoms with Crippen LogP contribution in [0, 0.1) is 5.92 Å². The van der Waals surface area contributed by atoms with Crippen LogP contribution in [0.4, 0.5) is 0 Å². The first kappa shape index (κ1) is 15.1. The van der Waals surface area contributed by atoms with Gasteiger partial charge in [0.15, 0.2) is 0 Å². The Morgan fingerprint density at radius 1 is 1.05 bits per heavy atom. The number of benzene rings is 1. The minimum atomic E-state index is 0.737. The molecule has 1 aliphatic heterocycles. The van der Waals surface area contributed by atoms with Crippen LogP contribution in [0.1, 0.15) is 50.0 Å². The van der Waals surface area contributed by atoms with Crippen molar-refractivity contribution in [2.45, 2.75) is 50.5 Å². The summed E-state index contributed by atoms with van der Waals surface area (Å²) < 4.78 is 0. The molecule has 0 radical (unpaired) electrons. The average Bonchev–Trinajstić information content (AvgIpc) is 2.56. The number of hydrogen-bond acceptors (Lipinski definition) is 2. The van der Waals surface area contributed by atoms with Gasteiger partial charge in [0, 0.05) is 12.6 Å². The molecule has 2 heteroatoms. The molecule has 3 atom stereocenters. The summed E-state index contributed by atoms with van der Waals surface area (Å²) in [6.45, 7) is 3.70. The summed E-state index contributed by atoms with van der Waals surface area (Å²) in [5.74, 6) is 1.59. The molecule has 2 aliphatic rings. The standard InChI is InChI=1S/C19H30N2/c1-21(15-16-8-7-13-20-14-16)19-12-6-5-11-18(19)17-9-3-2-4-10-17/h2-4,9-10,16,18-20H,5-8,11-15H2,1H3. The number of hydrogen-bond donors (Lipinski definition) is 1. The van der Waals surface area contributed by atoms with Crippen LogP contribution in [0.3, 0.4) is 0 Å². The summed E-state index contributed by atoms with van der Waals surface area (Å²) in [6, 6.07) is 11.9. The largest absolute Gasteiger partial charge is 0.316 e. The van der Waals surface area contributed by atoms with Crippen molar-refractivity contribution in [1.82, 2.24) is 10.2 Å². The van der Waals surface area contributed by atoms with Gasteiger partial charge in [0.05, 0.1) is 0 Å². The highest BCUT2D eigenvalue weighted by Gasteiger charge is 2.30. The molecule has 1 aromatic rings. The molecule has 2 fully saturated rings. The van der Waals surface area contributed by atoms with Gasteiger partial charge in [-0.15, -0.1) is 0 Å². The molecule has 2 nitrogen and oxygen atoms in total. The Hall–Kier alpha value is -0.860. The predicted octanol–water partition coefficient (Wildman–Crippen LogP) is 3.64. The normalized spacial score (nSPS) is 30.5. The van der Waals surface area contributed by atoms with Crippen molar-refractivity contribution in [3.63, 3.8) is 0 Å². The van der Waals surface area contributed by atoms with Gasteiger partial charge in [-0.25, -0.2) is 0 Å². The van der Waals surface area contributed by atoms with E-state index >= 15 is 0 Å². The van der Waals surface area contributed by atoms with E-state index in [0.717, 1.165) is 17.9 Å². The number of nitrogens with one attached hydrogen (secondary N) is 1. The summed E-state index contributed by atoms with van der Waals surface area (Å²) in [7, 11) is 2.36. The number of piperidine rings is 1. The van der Waals surface area contributed by atoms with E-state index in [0.29, 0.717) is 0 Å². The van der Waals surface area contributed by atoms with E-state index in [1.165, 1.54) is 58.2 Å². The smallest absolute Gasteiger partial charge is 0.0161 e. The van der Waals surface area contributed by atoms with Crippen molar-refractivity contribution in [2.24, 2.45) is 5.92 Å². The second-order valence-corrected chi connectivity index (χ2v) is 7.02. The fourth-order valence-corrected chi connectivity index (χ4v) is 4.35. The Kier molecular flexibility index (Phi) is 5.32. The van der Waals surface area contributed by atoms with Crippen LogP contribution in [0.2, 0.25) is 0 Å². The molecule has 3 rings (SSSR count). The molecule has 1 heterocycles. The number of likely N-dealkylation sites (N-methyl/N-ethyl adjacent to an activating group) is 1. The van der Waals surface area contributed by atoms with Gasteiger partial charge in [0.25, 0.3) is 0 Å². The molecular formula is C19H30N2. The topological polar surface area (TPSA) is 15.3 Å². The van der Waals surface area contributed by atoms with Crippen LogP contribution in [-0.2, 0) is 0 Å². The Morgan fingerprint density at radius 2 is 1.86 bits per heavy atom. The Bertz CT molecular complexity index is 411. The lowest BCUT2D eigenvalue weighted by molar-refractivity contribution is 0.137. The van der Waals surface area contributed by atoms with Gasteiger partial charge < -0.3 is 10.2 Å². The van der Waals surface area contributed by atoms with Crippen LogP contribution >= 0.6 is 0 Å². The van der Waals surface area contributed by atoms with Gasteiger partial charge >= 0.3 is 0 Å². The summed E-state index contributed by atoms with van der Waals surface area (Å²) in [6.07, 6.45) is 8.29. The van der Waals surface area contributed by atoms with Gasteiger partial charge in [-0.1, -0.05) is 43.2 Å².